The molecule has 0 aliphatic heterocycles. The summed E-state index contributed by atoms with van der Waals surface area (Å²) in [5, 5.41) is 18.9. The molecule has 1 amide bonds. The smallest absolute Gasteiger partial charge is 0.272 e. The molecule has 1 saturated carbocycles. The summed E-state index contributed by atoms with van der Waals surface area (Å²) in [7, 11) is -3.36. The fourth-order valence-corrected chi connectivity index (χ4v) is 6.03. The minimum atomic E-state index is -4.53. The lowest BCUT2D eigenvalue weighted by atomic mass is 10.0. The third-order valence-electron chi connectivity index (χ3n) is 6.56. The van der Waals surface area contributed by atoms with Crippen molar-refractivity contribution >= 4 is 44.1 Å². The number of H-pyrrole nitrogens is 1. The van der Waals surface area contributed by atoms with Crippen LogP contribution < -0.4 is 14.8 Å². The first kappa shape index (κ1) is 27.7. The number of aliphatic hydroxyl groups excluding tert-OH is 1. The summed E-state index contributed by atoms with van der Waals surface area (Å²) in [6.07, 6.45) is 2.30. The Morgan fingerprint density at radius 3 is 2.65 bits per heavy atom. The van der Waals surface area contributed by atoms with Gasteiger partial charge in [-0.05, 0) is 43.5 Å². The normalized spacial score (nSPS) is 17.2. The number of nitrogens with zero attached hydrogens (tertiary/aromatic N) is 2. The van der Waals surface area contributed by atoms with E-state index < -0.39 is 67.2 Å². The number of aliphatic hydroxyl groups is 1. The van der Waals surface area contributed by atoms with Gasteiger partial charge in [0.15, 0.2) is 22.2 Å². The number of aromatic amines is 1. The lowest BCUT2D eigenvalue weighted by molar-refractivity contribution is 0.0870. The highest BCUT2D eigenvalue weighted by Gasteiger charge is 2.30. The molecule has 2 unspecified atom stereocenters. The van der Waals surface area contributed by atoms with Gasteiger partial charge >= 0.3 is 0 Å². The number of methoxy groups -OCH3 is 1. The number of benzene rings is 2. The molecule has 2 aromatic heterocycles. The van der Waals surface area contributed by atoms with Crippen LogP contribution in [0, 0.1) is 17.5 Å². The van der Waals surface area contributed by atoms with Gasteiger partial charge < -0.3 is 15.2 Å². The summed E-state index contributed by atoms with van der Waals surface area (Å²) >= 11 is 5.86. The Morgan fingerprint density at radius 2 is 1.95 bits per heavy atom. The number of nitrogens with one attached hydrogen (secondary N) is 3. The Kier molecular flexibility index (Phi) is 7.33. The number of hydrogen-bond acceptors (Lipinski definition) is 7. The maximum atomic E-state index is 15.6. The summed E-state index contributed by atoms with van der Waals surface area (Å²) in [5.74, 6) is -4.66. The van der Waals surface area contributed by atoms with Crippen LogP contribution in [-0.2, 0) is 10.0 Å². The number of sulfonamides is 1. The van der Waals surface area contributed by atoms with E-state index in [2.05, 4.69) is 20.5 Å². The van der Waals surface area contributed by atoms with Crippen LogP contribution in [-0.4, -0.2) is 53.9 Å². The van der Waals surface area contributed by atoms with Gasteiger partial charge in [0.25, 0.3) is 15.9 Å². The number of carbonyl (C=O) groups is 1. The van der Waals surface area contributed by atoms with Gasteiger partial charge in [-0.2, -0.15) is 5.10 Å². The van der Waals surface area contributed by atoms with Crippen molar-refractivity contribution in [2.75, 3.05) is 11.8 Å². The van der Waals surface area contributed by atoms with Crippen molar-refractivity contribution in [3.05, 3.63) is 64.7 Å². The summed E-state index contributed by atoms with van der Waals surface area (Å²) in [6.45, 7) is 0. The number of carbonyl (C=O) groups excluding carboxylic acids is 1. The minimum Gasteiger partial charge on any atom is -0.480 e. The van der Waals surface area contributed by atoms with E-state index in [9.17, 15) is 22.7 Å². The van der Waals surface area contributed by atoms with Crippen LogP contribution in [0.3, 0.4) is 0 Å². The number of ether oxygens (including phenoxy) is 1. The summed E-state index contributed by atoms with van der Waals surface area (Å²) in [5.41, 5.74) is -2.55. The van der Waals surface area contributed by atoms with Gasteiger partial charge in [-0.15, -0.1) is 0 Å². The molecular weight excluding hydrogens is 575 g/mol. The molecule has 0 saturated heterocycles. The molecule has 210 valence electrons. The molecule has 10 nitrogen and oxygen atoms in total. The van der Waals surface area contributed by atoms with Crippen LogP contribution in [0.2, 0.25) is 5.02 Å². The van der Waals surface area contributed by atoms with Gasteiger partial charge in [-0.25, -0.2) is 26.6 Å². The van der Waals surface area contributed by atoms with Crippen LogP contribution in [0.15, 0.2) is 41.4 Å². The lowest BCUT2D eigenvalue weighted by Crippen LogP contribution is -2.40. The van der Waals surface area contributed by atoms with Crippen LogP contribution in [0.5, 0.6) is 5.88 Å². The van der Waals surface area contributed by atoms with Crippen molar-refractivity contribution in [2.45, 2.75) is 36.3 Å². The second-order valence-corrected chi connectivity index (χ2v) is 11.1. The van der Waals surface area contributed by atoms with Crippen LogP contribution in [0.4, 0.5) is 18.9 Å². The fourth-order valence-electron chi connectivity index (χ4n) is 4.60. The Morgan fingerprint density at radius 1 is 1.18 bits per heavy atom. The molecule has 1 fully saturated rings. The van der Waals surface area contributed by atoms with Crippen molar-refractivity contribution in [1.29, 1.82) is 0 Å². The average Bonchev–Trinajstić information content (AvgIpc) is 3.53. The Bertz CT molecular complexity index is 1750. The number of pyridine rings is 1. The van der Waals surface area contributed by atoms with E-state index in [4.69, 9.17) is 16.3 Å². The van der Waals surface area contributed by atoms with E-state index in [1.54, 1.807) is 0 Å². The van der Waals surface area contributed by atoms with Crippen molar-refractivity contribution < 1.29 is 36.2 Å². The number of aromatic nitrogens is 3. The van der Waals surface area contributed by atoms with Gasteiger partial charge in [0.1, 0.15) is 11.3 Å². The molecule has 1 aliphatic carbocycles. The highest BCUT2D eigenvalue weighted by molar-refractivity contribution is 7.92. The van der Waals surface area contributed by atoms with Gasteiger partial charge in [-0.1, -0.05) is 17.7 Å². The molecule has 1 aliphatic rings. The van der Waals surface area contributed by atoms with Gasteiger partial charge in [-0.3, -0.25) is 14.6 Å². The average molecular weight is 596 g/mol. The zero-order valence-corrected chi connectivity index (χ0v) is 22.2. The zero-order chi connectivity index (χ0) is 28.8. The van der Waals surface area contributed by atoms with Gasteiger partial charge in [0.05, 0.1) is 35.5 Å². The van der Waals surface area contributed by atoms with Crippen LogP contribution in [0.25, 0.3) is 22.0 Å². The monoisotopic (exact) mass is 595 g/mol. The van der Waals surface area contributed by atoms with Crippen molar-refractivity contribution in [3.8, 4) is 17.0 Å². The van der Waals surface area contributed by atoms with Crippen molar-refractivity contribution in [2.24, 2.45) is 0 Å². The third-order valence-corrected chi connectivity index (χ3v) is 8.13. The summed E-state index contributed by atoms with van der Waals surface area (Å²) in [4.78, 5) is 16.0. The SMILES string of the molecule is COc1ncc(Cl)cc1S(=O)(=O)Nc1ccc(F)c(-c2ccc3c(C(=O)NC4CCCC4O)n[nH]c3c2F)c1F. The minimum absolute atomic E-state index is 0.0381. The number of rotatable bonds is 7. The molecule has 4 aromatic rings. The Balaban J connectivity index is 1.51. The largest absolute Gasteiger partial charge is 0.480 e. The first-order valence-corrected chi connectivity index (χ1v) is 13.7. The fraction of sp³-hybridized carbons (Fsp3) is 0.240. The van der Waals surface area contributed by atoms with E-state index in [0.29, 0.717) is 12.8 Å². The van der Waals surface area contributed by atoms with Gasteiger partial charge in [0, 0.05) is 17.1 Å². The second-order valence-electron chi connectivity index (χ2n) is 9.05. The highest BCUT2D eigenvalue weighted by Crippen LogP contribution is 2.36. The van der Waals surface area contributed by atoms with E-state index in [1.165, 1.54) is 13.2 Å². The molecule has 2 aromatic carbocycles. The lowest BCUT2D eigenvalue weighted by Gasteiger charge is -2.15. The van der Waals surface area contributed by atoms with Crippen molar-refractivity contribution in [3.63, 3.8) is 0 Å². The highest BCUT2D eigenvalue weighted by atomic mass is 35.5. The third kappa shape index (κ3) is 4.93. The van der Waals surface area contributed by atoms with Gasteiger partial charge in [0.2, 0.25) is 5.88 Å². The number of anilines is 1. The molecule has 2 heterocycles. The molecule has 0 spiro atoms. The quantitative estimate of drug-likeness (QED) is 0.251. The van der Waals surface area contributed by atoms with E-state index in [-0.39, 0.29) is 27.5 Å². The molecule has 4 N–H and O–H groups in total. The van der Waals surface area contributed by atoms with E-state index >= 15 is 8.78 Å². The molecular formula is C25H21ClF3N5O5S. The van der Waals surface area contributed by atoms with Crippen LogP contribution >= 0.6 is 11.6 Å². The predicted molar refractivity (Wildman–Crippen MR) is 139 cm³/mol. The summed E-state index contributed by atoms with van der Waals surface area (Å²) < 4.78 is 78.9. The maximum absolute atomic E-state index is 15.6. The maximum Gasteiger partial charge on any atom is 0.272 e. The molecule has 40 heavy (non-hydrogen) atoms. The molecule has 2 atom stereocenters. The van der Waals surface area contributed by atoms with E-state index in [1.807, 2.05) is 4.72 Å². The predicted octanol–water partition coefficient (Wildman–Crippen LogP) is 4.15. The Hall–Kier alpha value is -3.88. The molecule has 15 heteroatoms. The van der Waals surface area contributed by atoms with E-state index in [0.717, 1.165) is 36.9 Å². The summed E-state index contributed by atoms with van der Waals surface area (Å²) in [6, 6.07) is 4.48. The second kappa shape index (κ2) is 10.6. The van der Waals surface area contributed by atoms with Crippen LogP contribution in [0.1, 0.15) is 29.8 Å². The first-order chi connectivity index (χ1) is 19.0. The topological polar surface area (TPSA) is 146 Å². The van der Waals surface area contributed by atoms with Crippen molar-refractivity contribution in [1.82, 2.24) is 20.5 Å². The number of halogens is 4. The zero-order valence-electron chi connectivity index (χ0n) is 20.6. The Labute approximate surface area is 230 Å². The molecule has 0 bridgehead atoms. The first-order valence-electron chi connectivity index (χ1n) is 11.9. The number of hydrogen-bond donors (Lipinski definition) is 4. The molecule has 5 rings (SSSR count). The standard InChI is InChI=1S/C25H21ClF3N5O5S/c1-39-25-18(9-11(26)10-30-25)40(37,38)34-16-8-7-14(27)19(21(16)29)12-5-6-13-22(20(12)28)32-33-23(13)24(36)31-15-3-2-4-17(15)35/h5-10,15,17,34-35H,2-4H2,1H3,(H,31,36)(H,32,33). The number of fused-ring (bicyclic) bond motifs is 1. The molecule has 0 radical (unpaired) electrons. The number of amides is 1.